The largest absolute Gasteiger partial charge is 0.271 e. The van der Waals surface area contributed by atoms with Gasteiger partial charge in [0.2, 0.25) is 0 Å². The van der Waals surface area contributed by atoms with E-state index in [1.807, 2.05) is 6.07 Å². The van der Waals surface area contributed by atoms with Gasteiger partial charge in [-0.1, -0.05) is 38.3 Å². The summed E-state index contributed by atoms with van der Waals surface area (Å²) in [5, 5.41) is 0. The summed E-state index contributed by atoms with van der Waals surface area (Å²) in [6, 6.07) is 4.27. The van der Waals surface area contributed by atoms with Crippen LogP contribution in [0.4, 0.5) is 0 Å². The third kappa shape index (κ3) is 3.74. The van der Waals surface area contributed by atoms with Crippen LogP contribution in [-0.4, -0.2) is 0 Å². The summed E-state index contributed by atoms with van der Waals surface area (Å²) < 4.78 is 0.835. The van der Waals surface area contributed by atoms with Gasteiger partial charge in [-0.05, 0) is 30.9 Å². The molecule has 0 saturated carbocycles. The lowest BCUT2D eigenvalue weighted by Gasteiger charge is -2.25. The molecule has 0 saturated heterocycles. The Morgan fingerprint density at radius 1 is 1.31 bits per heavy atom. The van der Waals surface area contributed by atoms with Gasteiger partial charge in [-0.25, -0.2) is 0 Å². The first-order chi connectivity index (χ1) is 7.72. The summed E-state index contributed by atoms with van der Waals surface area (Å²) >= 11 is 7.59. The Balaban J connectivity index is 2.76. The van der Waals surface area contributed by atoms with Crippen LogP contribution < -0.4 is 11.3 Å². The first kappa shape index (κ1) is 14.0. The van der Waals surface area contributed by atoms with Gasteiger partial charge in [0.05, 0.1) is 10.4 Å². The molecule has 0 aliphatic rings. The second-order valence-electron chi connectivity index (χ2n) is 4.12. The fourth-order valence-corrected chi connectivity index (χ4v) is 3.38. The van der Waals surface area contributed by atoms with E-state index in [4.69, 9.17) is 17.4 Å². The van der Waals surface area contributed by atoms with Crippen LogP contribution in [0.2, 0.25) is 4.34 Å². The summed E-state index contributed by atoms with van der Waals surface area (Å²) in [4.78, 5) is 1.25. The van der Waals surface area contributed by atoms with Crippen molar-refractivity contribution in [2.24, 2.45) is 11.8 Å². The Bertz CT molecular complexity index is 295. The molecule has 1 unspecified atom stereocenters. The third-order valence-electron chi connectivity index (χ3n) is 2.87. The molecule has 2 nitrogen and oxygen atoms in total. The quantitative estimate of drug-likeness (QED) is 0.572. The van der Waals surface area contributed by atoms with Crippen molar-refractivity contribution in [3.8, 4) is 0 Å². The molecule has 0 amide bonds. The summed E-state index contributed by atoms with van der Waals surface area (Å²) in [5.41, 5.74) is 2.95. The van der Waals surface area contributed by atoms with Crippen LogP contribution in [-0.2, 0) is 0 Å². The van der Waals surface area contributed by atoms with Crippen LogP contribution in [0.15, 0.2) is 12.1 Å². The third-order valence-corrected chi connectivity index (χ3v) is 4.18. The standard InChI is InChI=1S/C12H21ClN2S/c1-3-5-9(6-4-2)12(15-14)10-7-8-11(13)16-10/h7-9,12,15H,3-6,14H2,1-2H3. The van der Waals surface area contributed by atoms with E-state index in [0.717, 1.165) is 4.34 Å². The molecule has 0 aliphatic heterocycles. The lowest BCUT2D eigenvalue weighted by molar-refractivity contribution is 0.323. The van der Waals surface area contributed by atoms with E-state index in [9.17, 15) is 0 Å². The molecule has 0 aromatic carbocycles. The monoisotopic (exact) mass is 260 g/mol. The summed E-state index contributed by atoms with van der Waals surface area (Å²) in [7, 11) is 0. The summed E-state index contributed by atoms with van der Waals surface area (Å²) in [5.74, 6) is 6.30. The molecule has 0 bridgehead atoms. The number of nitrogens with two attached hydrogens (primary N) is 1. The number of hydrazine groups is 1. The first-order valence-electron chi connectivity index (χ1n) is 5.94. The molecule has 0 spiro atoms. The minimum absolute atomic E-state index is 0.248. The van der Waals surface area contributed by atoms with E-state index in [-0.39, 0.29) is 6.04 Å². The first-order valence-corrected chi connectivity index (χ1v) is 7.13. The molecular formula is C12H21ClN2S. The van der Waals surface area contributed by atoms with Gasteiger partial charge in [0.1, 0.15) is 0 Å². The number of hydrogen-bond donors (Lipinski definition) is 2. The molecule has 92 valence electrons. The molecule has 4 heteroatoms. The molecule has 1 heterocycles. The lowest BCUT2D eigenvalue weighted by atomic mass is 9.90. The molecular weight excluding hydrogens is 240 g/mol. The highest BCUT2D eigenvalue weighted by molar-refractivity contribution is 7.16. The zero-order chi connectivity index (χ0) is 12.0. The van der Waals surface area contributed by atoms with Gasteiger partial charge in [-0.2, -0.15) is 0 Å². The van der Waals surface area contributed by atoms with E-state index in [0.29, 0.717) is 5.92 Å². The Morgan fingerprint density at radius 2 is 1.94 bits per heavy atom. The van der Waals surface area contributed by atoms with Gasteiger partial charge in [-0.15, -0.1) is 11.3 Å². The van der Waals surface area contributed by atoms with E-state index >= 15 is 0 Å². The predicted octanol–water partition coefficient (Wildman–Crippen LogP) is 4.12. The second-order valence-corrected chi connectivity index (χ2v) is 5.87. The minimum Gasteiger partial charge on any atom is -0.271 e. The predicted molar refractivity (Wildman–Crippen MR) is 72.7 cm³/mol. The normalized spacial score (nSPS) is 13.3. The number of rotatable bonds is 7. The molecule has 1 aromatic rings. The van der Waals surface area contributed by atoms with Crippen LogP contribution in [0.1, 0.15) is 50.4 Å². The van der Waals surface area contributed by atoms with Crippen molar-refractivity contribution in [3.63, 3.8) is 0 Å². The zero-order valence-electron chi connectivity index (χ0n) is 10.0. The van der Waals surface area contributed by atoms with Gasteiger partial charge >= 0.3 is 0 Å². The molecule has 16 heavy (non-hydrogen) atoms. The van der Waals surface area contributed by atoms with E-state index in [1.54, 1.807) is 11.3 Å². The highest BCUT2D eigenvalue weighted by Crippen LogP contribution is 2.34. The van der Waals surface area contributed by atoms with Crippen molar-refractivity contribution >= 4 is 22.9 Å². The molecule has 0 radical (unpaired) electrons. The highest BCUT2D eigenvalue weighted by Gasteiger charge is 2.22. The van der Waals surface area contributed by atoms with Gasteiger partial charge in [0.25, 0.3) is 0 Å². The summed E-state index contributed by atoms with van der Waals surface area (Å²) in [6.07, 6.45) is 4.81. The topological polar surface area (TPSA) is 38.0 Å². The van der Waals surface area contributed by atoms with Crippen LogP contribution in [0.25, 0.3) is 0 Å². The SMILES string of the molecule is CCCC(CCC)C(NN)c1ccc(Cl)s1. The fourth-order valence-electron chi connectivity index (χ4n) is 2.17. The van der Waals surface area contributed by atoms with E-state index in [1.165, 1.54) is 30.6 Å². The Labute approximate surface area is 107 Å². The van der Waals surface area contributed by atoms with Gasteiger partial charge in [0.15, 0.2) is 0 Å². The molecule has 1 rings (SSSR count). The number of hydrogen-bond acceptors (Lipinski definition) is 3. The van der Waals surface area contributed by atoms with Crippen molar-refractivity contribution in [2.75, 3.05) is 0 Å². The van der Waals surface area contributed by atoms with Crippen LogP contribution in [0, 0.1) is 5.92 Å². The van der Waals surface area contributed by atoms with Gasteiger partial charge < -0.3 is 0 Å². The van der Waals surface area contributed by atoms with Crippen LogP contribution in [0.3, 0.4) is 0 Å². The van der Waals surface area contributed by atoms with Crippen molar-refractivity contribution in [3.05, 3.63) is 21.3 Å². The van der Waals surface area contributed by atoms with Gasteiger partial charge in [0, 0.05) is 4.88 Å². The van der Waals surface area contributed by atoms with Crippen LogP contribution >= 0.6 is 22.9 Å². The van der Waals surface area contributed by atoms with Crippen molar-refractivity contribution in [2.45, 2.75) is 45.6 Å². The Kier molecular flexibility index (Phi) is 6.36. The van der Waals surface area contributed by atoms with Crippen molar-refractivity contribution in [1.29, 1.82) is 0 Å². The Hall–Kier alpha value is -0.0900. The average molecular weight is 261 g/mol. The highest BCUT2D eigenvalue weighted by atomic mass is 35.5. The minimum atomic E-state index is 0.248. The Morgan fingerprint density at radius 3 is 2.31 bits per heavy atom. The summed E-state index contributed by atoms with van der Waals surface area (Å²) in [6.45, 7) is 4.44. The maximum atomic E-state index is 5.97. The van der Waals surface area contributed by atoms with Crippen molar-refractivity contribution in [1.82, 2.24) is 5.43 Å². The molecule has 3 N–H and O–H groups in total. The maximum Gasteiger partial charge on any atom is 0.0931 e. The fraction of sp³-hybridized carbons (Fsp3) is 0.667. The van der Waals surface area contributed by atoms with Crippen LogP contribution in [0.5, 0.6) is 0 Å². The number of nitrogens with one attached hydrogen (secondary N) is 1. The lowest BCUT2D eigenvalue weighted by Crippen LogP contribution is -2.33. The van der Waals surface area contributed by atoms with E-state index in [2.05, 4.69) is 25.3 Å². The smallest absolute Gasteiger partial charge is 0.0931 e. The molecule has 1 atom stereocenters. The molecule has 1 aromatic heterocycles. The maximum absolute atomic E-state index is 5.97. The second kappa shape index (κ2) is 7.28. The molecule has 0 aliphatic carbocycles. The average Bonchev–Trinajstić information content (AvgIpc) is 2.67. The number of thiophene rings is 1. The number of halogens is 1. The molecule has 0 fully saturated rings. The van der Waals surface area contributed by atoms with Crippen molar-refractivity contribution < 1.29 is 0 Å². The zero-order valence-corrected chi connectivity index (χ0v) is 11.6. The van der Waals surface area contributed by atoms with E-state index < -0.39 is 0 Å². The van der Waals surface area contributed by atoms with Gasteiger partial charge in [-0.3, -0.25) is 11.3 Å².